The van der Waals surface area contributed by atoms with Crippen LogP contribution in [0.4, 0.5) is 0 Å². The predicted molar refractivity (Wildman–Crippen MR) is 289 cm³/mol. The maximum Gasteiger partial charge on any atom is 0.306 e. The van der Waals surface area contributed by atoms with E-state index in [-0.39, 0.29) is 31.1 Å². The van der Waals surface area contributed by atoms with Crippen LogP contribution >= 0.6 is 0 Å². The molecule has 0 spiro atoms. The number of carbonyl (C=O) groups excluding carboxylic acids is 3. The smallest absolute Gasteiger partial charge is 0.306 e. The third kappa shape index (κ3) is 53.6. The zero-order chi connectivity index (χ0) is 48.9. The van der Waals surface area contributed by atoms with Gasteiger partial charge in [0.1, 0.15) is 13.2 Å². The van der Waals surface area contributed by atoms with Crippen LogP contribution in [0, 0.1) is 11.8 Å². The van der Waals surface area contributed by atoms with Crippen molar-refractivity contribution in [3.8, 4) is 0 Å². The Hall–Kier alpha value is -1.59. The van der Waals surface area contributed by atoms with Gasteiger partial charge < -0.3 is 14.2 Å². The number of esters is 3. The summed E-state index contributed by atoms with van der Waals surface area (Å²) in [6.07, 6.45) is 58.0. The molecule has 0 aliphatic carbocycles. The maximum absolute atomic E-state index is 12.9. The van der Waals surface area contributed by atoms with Crippen molar-refractivity contribution in [2.24, 2.45) is 11.8 Å². The Morgan fingerprint density at radius 3 is 0.851 bits per heavy atom. The summed E-state index contributed by atoms with van der Waals surface area (Å²) < 4.78 is 16.9. The van der Waals surface area contributed by atoms with Crippen molar-refractivity contribution in [2.45, 2.75) is 349 Å². The van der Waals surface area contributed by atoms with Gasteiger partial charge >= 0.3 is 17.9 Å². The molecule has 0 amide bonds. The quantitative estimate of drug-likeness (QED) is 0.0343. The molecule has 2 atom stereocenters. The molecule has 0 radical (unpaired) electrons. The highest BCUT2D eigenvalue weighted by Crippen LogP contribution is 2.19. The molecule has 67 heavy (non-hydrogen) atoms. The molecule has 398 valence electrons. The van der Waals surface area contributed by atoms with E-state index in [1.807, 2.05) is 0 Å². The second-order valence-corrected chi connectivity index (χ2v) is 21.7. The van der Waals surface area contributed by atoms with E-state index in [1.54, 1.807) is 0 Å². The highest BCUT2D eigenvalue weighted by molar-refractivity contribution is 5.71. The predicted octanol–water partition coefficient (Wildman–Crippen LogP) is 20.0. The first-order valence-electron chi connectivity index (χ1n) is 30.3. The molecular weight excluding hydrogens is 829 g/mol. The van der Waals surface area contributed by atoms with E-state index in [4.69, 9.17) is 14.2 Å². The van der Waals surface area contributed by atoms with E-state index >= 15 is 0 Å². The van der Waals surface area contributed by atoms with Crippen molar-refractivity contribution in [3.05, 3.63) is 0 Å². The Balaban J connectivity index is 4.29. The largest absolute Gasteiger partial charge is 0.462 e. The van der Waals surface area contributed by atoms with Gasteiger partial charge in [-0.25, -0.2) is 0 Å². The van der Waals surface area contributed by atoms with Crippen molar-refractivity contribution < 1.29 is 28.6 Å². The van der Waals surface area contributed by atoms with Gasteiger partial charge in [0.25, 0.3) is 0 Å². The zero-order valence-electron chi connectivity index (χ0n) is 46.0. The molecule has 0 N–H and O–H groups in total. The zero-order valence-corrected chi connectivity index (χ0v) is 46.0. The van der Waals surface area contributed by atoms with Gasteiger partial charge in [0.05, 0.1) is 0 Å². The fourth-order valence-electron chi connectivity index (χ4n) is 9.37. The average Bonchev–Trinajstić information content (AvgIpc) is 3.31. The number of unbranched alkanes of at least 4 members (excludes halogenated alkanes) is 39. The highest BCUT2D eigenvalue weighted by atomic mass is 16.6. The van der Waals surface area contributed by atoms with E-state index in [0.717, 1.165) is 69.6 Å². The third-order valence-corrected chi connectivity index (χ3v) is 14.3. The summed E-state index contributed by atoms with van der Waals surface area (Å²) in [5.41, 5.74) is 0. The second-order valence-electron chi connectivity index (χ2n) is 21.7. The summed E-state index contributed by atoms with van der Waals surface area (Å²) in [4.78, 5) is 38.2. The molecular formula is C61H118O6. The van der Waals surface area contributed by atoms with E-state index in [2.05, 4.69) is 34.6 Å². The molecule has 0 saturated carbocycles. The van der Waals surface area contributed by atoms with Gasteiger partial charge in [0.2, 0.25) is 0 Å². The number of hydrogen-bond acceptors (Lipinski definition) is 6. The normalized spacial score (nSPS) is 12.4. The molecule has 0 aromatic heterocycles. The molecule has 0 aromatic carbocycles. The minimum atomic E-state index is -0.763. The van der Waals surface area contributed by atoms with Gasteiger partial charge in [-0.3, -0.25) is 14.4 Å². The lowest BCUT2D eigenvalue weighted by molar-refractivity contribution is -0.167. The first-order valence-corrected chi connectivity index (χ1v) is 30.3. The maximum atomic E-state index is 12.9. The first kappa shape index (κ1) is 65.4. The van der Waals surface area contributed by atoms with E-state index in [9.17, 15) is 14.4 Å². The van der Waals surface area contributed by atoms with Crippen molar-refractivity contribution in [2.75, 3.05) is 13.2 Å². The third-order valence-electron chi connectivity index (χ3n) is 14.3. The molecule has 0 heterocycles. The number of hydrogen-bond donors (Lipinski definition) is 0. The SMILES string of the molecule is CCCCCCCCCCCCCCCCCCCCC(=O)OC[C@H](COC(=O)CCCCCCCCCCCCC(C)CC)OC(=O)CCCCCCCCCCCCCCCCC(C)C. The summed E-state index contributed by atoms with van der Waals surface area (Å²) in [5.74, 6) is 0.876. The number of ether oxygens (including phenoxy) is 3. The van der Waals surface area contributed by atoms with Crippen LogP contribution in [0.25, 0.3) is 0 Å². The fraction of sp³-hybridized carbons (Fsp3) is 0.951. The molecule has 0 aliphatic rings. The van der Waals surface area contributed by atoms with E-state index in [1.165, 1.54) is 231 Å². The van der Waals surface area contributed by atoms with Gasteiger partial charge in [-0.15, -0.1) is 0 Å². The minimum Gasteiger partial charge on any atom is -0.462 e. The summed E-state index contributed by atoms with van der Waals surface area (Å²) >= 11 is 0. The van der Waals surface area contributed by atoms with Gasteiger partial charge in [-0.1, -0.05) is 304 Å². The molecule has 0 aromatic rings. The minimum absolute atomic E-state index is 0.0624. The van der Waals surface area contributed by atoms with Gasteiger partial charge in [-0.2, -0.15) is 0 Å². The first-order chi connectivity index (χ1) is 32.8. The number of rotatable bonds is 55. The summed E-state index contributed by atoms with van der Waals surface area (Å²) in [6, 6.07) is 0. The molecule has 0 saturated heterocycles. The summed E-state index contributed by atoms with van der Waals surface area (Å²) in [5, 5.41) is 0. The second kappa shape index (κ2) is 53.8. The average molecular weight is 948 g/mol. The molecule has 0 rings (SSSR count). The number of carbonyl (C=O) groups is 3. The lowest BCUT2D eigenvalue weighted by Gasteiger charge is -2.18. The van der Waals surface area contributed by atoms with Crippen LogP contribution in [0.2, 0.25) is 0 Å². The molecule has 6 heteroatoms. The molecule has 0 bridgehead atoms. The topological polar surface area (TPSA) is 78.9 Å². The van der Waals surface area contributed by atoms with E-state index < -0.39 is 6.10 Å². The van der Waals surface area contributed by atoms with Crippen molar-refractivity contribution >= 4 is 17.9 Å². The van der Waals surface area contributed by atoms with Crippen LogP contribution in [-0.2, 0) is 28.6 Å². The van der Waals surface area contributed by atoms with Crippen molar-refractivity contribution in [3.63, 3.8) is 0 Å². The lowest BCUT2D eigenvalue weighted by atomic mass is 9.99. The molecule has 6 nitrogen and oxygen atoms in total. The molecule has 0 fully saturated rings. The Kier molecular flexibility index (Phi) is 52.5. The Bertz CT molecular complexity index is 1030. The van der Waals surface area contributed by atoms with Crippen LogP contribution in [0.3, 0.4) is 0 Å². The summed E-state index contributed by atoms with van der Waals surface area (Å²) in [6.45, 7) is 11.5. The Morgan fingerprint density at radius 1 is 0.313 bits per heavy atom. The fourth-order valence-corrected chi connectivity index (χ4v) is 9.37. The van der Waals surface area contributed by atoms with Crippen LogP contribution in [0.1, 0.15) is 343 Å². The van der Waals surface area contributed by atoms with Crippen LogP contribution in [0.15, 0.2) is 0 Å². The standard InChI is InChI=1S/C61H118O6/c1-6-8-9-10-11-12-13-14-15-16-17-18-22-25-31-36-41-46-51-59(62)65-54-58(55-66-60(63)52-47-42-37-32-28-27-30-35-40-45-50-57(5)7-2)67-61(64)53-48-43-38-33-26-23-20-19-21-24-29-34-39-44-49-56(3)4/h56-58H,6-55H2,1-5H3/t57?,58-/m1/s1. The Morgan fingerprint density at radius 2 is 0.567 bits per heavy atom. The Labute approximate surface area is 418 Å². The lowest BCUT2D eigenvalue weighted by Crippen LogP contribution is -2.30. The molecule has 0 aliphatic heterocycles. The highest BCUT2D eigenvalue weighted by Gasteiger charge is 2.19. The van der Waals surface area contributed by atoms with Crippen LogP contribution in [-0.4, -0.2) is 37.2 Å². The summed E-state index contributed by atoms with van der Waals surface area (Å²) in [7, 11) is 0. The van der Waals surface area contributed by atoms with Gasteiger partial charge in [0, 0.05) is 19.3 Å². The van der Waals surface area contributed by atoms with Gasteiger partial charge in [0.15, 0.2) is 6.10 Å². The van der Waals surface area contributed by atoms with Crippen LogP contribution in [0.5, 0.6) is 0 Å². The monoisotopic (exact) mass is 947 g/mol. The van der Waals surface area contributed by atoms with Crippen LogP contribution < -0.4 is 0 Å². The van der Waals surface area contributed by atoms with Gasteiger partial charge in [-0.05, 0) is 31.1 Å². The van der Waals surface area contributed by atoms with Crippen molar-refractivity contribution in [1.82, 2.24) is 0 Å². The van der Waals surface area contributed by atoms with E-state index in [0.29, 0.717) is 19.3 Å². The van der Waals surface area contributed by atoms with Crippen molar-refractivity contribution in [1.29, 1.82) is 0 Å². The molecule has 1 unspecified atom stereocenters.